The highest BCUT2D eigenvalue weighted by atomic mass is 16.5. The van der Waals surface area contributed by atoms with Crippen molar-refractivity contribution in [3.8, 4) is 5.75 Å². The summed E-state index contributed by atoms with van der Waals surface area (Å²) in [6, 6.07) is 5.30. The number of methoxy groups -OCH3 is 2. The number of hydrogen-bond acceptors (Lipinski definition) is 4. The molecule has 5 nitrogen and oxygen atoms in total. The van der Waals surface area contributed by atoms with Crippen LogP contribution in [-0.2, 0) is 9.53 Å². The van der Waals surface area contributed by atoms with Crippen molar-refractivity contribution in [2.45, 2.75) is 6.92 Å². The third-order valence-corrected chi connectivity index (χ3v) is 2.79. The van der Waals surface area contributed by atoms with Crippen LogP contribution in [0.3, 0.4) is 0 Å². The molecule has 0 aliphatic carbocycles. The Labute approximate surface area is 104 Å². The van der Waals surface area contributed by atoms with E-state index in [0.29, 0.717) is 22.4 Å². The van der Waals surface area contributed by atoms with E-state index in [9.17, 15) is 9.59 Å². The number of aromatic nitrogens is 1. The topological polar surface area (TPSA) is 68.4 Å². The van der Waals surface area contributed by atoms with Crippen LogP contribution in [0.25, 0.3) is 10.9 Å². The summed E-state index contributed by atoms with van der Waals surface area (Å²) in [7, 11) is 2.73. The molecule has 0 unspecified atom stereocenters. The number of carbonyl (C=O) groups is 2. The molecule has 0 saturated carbocycles. The van der Waals surface area contributed by atoms with Gasteiger partial charge in [-0.15, -0.1) is 0 Å². The molecule has 0 amide bonds. The summed E-state index contributed by atoms with van der Waals surface area (Å²) in [5, 5.41) is 0.655. The lowest BCUT2D eigenvalue weighted by Crippen LogP contribution is -2.16. The van der Waals surface area contributed by atoms with Gasteiger partial charge in [0.1, 0.15) is 5.75 Å². The van der Waals surface area contributed by atoms with Crippen molar-refractivity contribution in [3.05, 3.63) is 29.5 Å². The van der Waals surface area contributed by atoms with Crippen molar-refractivity contribution >= 4 is 22.7 Å². The van der Waals surface area contributed by atoms with Gasteiger partial charge in [-0.25, -0.2) is 4.79 Å². The molecule has 0 aliphatic heterocycles. The van der Waals surface area contributed by atoms with Crippen molar-refractivity contribution in [2.24, 2.45) is 0 Å². The summed E-state index contributed by atoms with van der Waals surface area (Å²) >= 11 is 0. The number of nitrogens with one attached hydrogen (secondary N) is 1. The van der Waals surface area contributed by atoms with Gasteiger partial charge in [-0.05, 0) is 25.1 Å². The lowest BCUT2D eigenvalue weighted by molar-refractivity contribution is -0.135. The Balaban J connectivity index is 2.65. The maximum absolute atomic E-state index is 11.9. The lowest BCUT2D eigenvalue weighted by atomic mass is 10.1. The van der Waals surface area contributed by atoms with Gasteiger partial charge < -0.3 is 14.5 Å². The smallest absolute Gasteiger partial charge is 0.379 e. The molecule has 94 valence electrons. The van der Waals surface area contributed by atoms with E-state index in [2.05, 4.69) is 9.72 Å². The third kappa shape index (κ3) is 1.84. The molecule has 2 aromatic rings. The Bertz CT molecular complexity index is 627. The standard InChI is InChI=1S/C13H13NO4/c1-7-11(12(15)13(16)18-3)9-6-8(17-2)4-5-10(9)14-7/h4-6,14H,1-3H3. The van der Waals surface area contributed by atoms with Crippen LogP contribution in [0.2, 0.25) is 0 Å². The first kappa shape index (κ1) is 12.2. The van der Waals surface area contributed by atoms with Crippen LogP contribution in [0.15, 0.2) is 18.2 Å². The Hall–Kier alpha value is -2.30. The largest absolute Gasteiger partial charge is 0.497 e. The van der Waals surface area contributed by atoms with E-state index in [1.807, 2.05) is 0 Å². The maximum atomic E-state index is 11.9. The fourth-order valence-corrected chi connectivity index (χ4v) is 1.92. The number of fused-ring (bicyclic) bond motifs is 1. The second kappa shape index (κ2) is 4.52. The fraction of sp³-hybridized carbons (Fsp3) is 0.231. The zero-order valence-electron chi connectivity index (χ0n) is 10.4. The van der Waals surface area contributed by atoms with Gasteiger partial charge >= 0.3 is 5.97 Å². The first-order valence-electron chi connectivity index (χ1n) is 5.37. The van der Waals surface area contributed by atoms with Crippen molar-refractivity contribution in [2.75, 3.05) is 14.2 Å². The summed E-state index contributed by atoms with van der Waals surface area (Å²) in [5.74, 6) is -0.906. The number of aromatic amines is 1. The molecule has 0 aliphatic rings. The highest BCUT2D eigenvalue weighted by Gasteiger charge is 2.23. The highest BCUT2D eigenvalue weighted by molar-refractivity contribution is 6.43. The SMILES string of the molecule is COC(=O)C(=O)c1c(C)[nH]c2ccc(OC)cc12. The van der Waals surface area contributed by atoms with Gasteiger partial charge in [0.2, 0.25) is 0 Å². The normalized spacial score (nSPS) is 10.4. The Morgan fingerprint density at radius 1 is 1.22 bits per heavy atom. The molecule has 0 radical (unpaired) electrons. The molecule has 0 spiro atoms. The first-order chi connectivity index (χ1) is 8.58. The second-order valence-electron chi connectivity index (χ2n) is 3.86. The van der Waals surface area contributed by atoms with Crippen LogP contribution in [0.4, 0.5) is 0 Å². The van der Waals surface area contributed by atoms with Gasteiger partial charge in [-0.3, -0.25) is 4.79 Å². The number of carbonyl (C=O) groups excluding carboxylic acids is 2. The van der Waals surface area contributed by atoms with Crippen LogP contribution >= 0.6 is 0 Å². The van der Waals surface area contributed by atoms with Gasteiger partial charge in [0, 0.05) is 16.6 Å². The molecule has 0 bridgehead atoms. The summed E-state index contributed by atoms with van der Waals surface area (Å²) in [6.45, 7) is 1.74. The van der Waals surface area contributed by atoms with Gasteiger partial charge in [0.25, 0.3) is 5.78 Å². The minimum atomic E-state index is -0.873. The third-order valence-electron chi connectivity index (χ3n) is 2.79. The number of ketones is 1. The molecule has 1 N–H and O–H groups in total. The Morgan fingerprint density at radius 3 is 2.56 bits per heavy atom. The molecule has 0 atom stereocenters. The minimum Gasteiger partial charge on any atom is -0.497 e. The van der Waals surface area contributed by atoms with Crippen LogP contribution < -0.4 is 4.74 Å². The van der Waals surface area contributed by atoms with Crippen molar-refractivity contribution in [1.29, 1.82) is 0 Å². The molecule has 5 heteroatoms. The van der Waals surface area contributed by atoms with Crippen molar-refractivity contribution < 1.29 is 19.1 Å². The van der Waals surface area contributed by atoms with E-state index < -0.39 is 11.8 Å². The number of esters is 1. The zero-order valence-corrected chi connectivity index (χ0v) is 10.4. The number of hydrogen-bond donors (Lipinski definition) is 1. The average Bonchev–Trinajstić information content (AvgIpc) is 2.71. The quantitative estimate of drug-likeness (QED) is 0.510. The van der Waals surface area contributed by atoms with Gasteiger partial charge in [-0.1, -0.05) is 0 Å². The van der Waals surface area contributed by atoms with Crippen molar-refractivity contribution in [1.82, 2.24) is 4.98 Å². The second-order valence-corrected chi connectivity index (χ2v) is 3.86. The molecule has 1 heterocycles. The van der Waals surface area contributed by atoms with E-state index >= 15 is 0 Å². The average molecular weight is 247 g/mol. The van der Waals surface area contributed by atoms with E-state index in [-0.39, 0.29) is 0 Å². The minimum absolute atomic E-state index is 0.329. The van der Waals surface area contributed by atoms with Crippen LogP contribution in [-0.4, -0.2) is 31.0 Å². The fourth-order valence-electron chi connectivity index (χ4n) is 1.92. The van der Waals surface area contributed by atoms with Gasteiger partial charge in [0.05, 0.1) is 19.8 Å². The predicted octanol–water partition coefficient (Wildman–Crippen LogP) is 1.84. The van der Waals surface area contributed by atoms with Crippen LogP contribution in [0.5, 0.6) is 5.75 Å². The molecule has 1 aromatic heterocycles. The molecule has 1 aromatic carbocycles. The highest BCUT2D eigenvalue weighted by Crippen LogP contribution is 2.26. The van der Waals surface area contributed by atoms with E-state index in [4.69, 9.17) is 4.74 Å². The molecular weight excluding hydrogens is 234 g/mol. The predicted molar refractivity (Wildman–Crippen MR) is 65.9 cm³/mol. The van der Waals surface area contributed by atoms with E-state index in [0.717, 1.165) is 5.52 Å². The number of rotatable bonds is 3. The number of benzene rings is 1. The van der Waals surface area contributed by atoms with Gasteiger partial charge in [-0.2, -0.15) is 0 Å². The van der Waals surface area contributed by atoms with Crippen LogP contribution in [0, 0.1) is 6.92 Å². The summed E-state index contributed by atoms with van der Waals surface area (Å²) in [4.78, 5) is 26.3. The number of aryl methyl sites for hydroxylation is 1. The molecular formula is C13H13NO4. The number of ether oxygens (including phenoxy) is 2. The Morgan fingerprint density at radius 2 is 1.94 bits per heavy atom. The molecule has 18 heavy (non-hydrogen) atoms. The summed E-state index contributed by atoms with van der Waals surface area (Å²) in [5.41, 5.74) is 1.74. The van der Waals surface area contributed by atoms with E-state index in [1.165, 1.54) is 7.11 Å². The monoisotopic (exact) mass is 247 g/mol. The summed E-state index contributed by atoms with van der Waals surface area (Å²) < 4.78 is 9.57. The van der Waals surface area contributed by atoms with Gasteiger partial charge in [0.15, 0.2) is 0 Å². The number of H-pyrrole nitrogens is 1. The summed E-state index contributed by atoms with van der Waals surface area (Å²) in [6.07, 6.45) is 0. The molecule has 0 saturated heterocycles. The van der Waals surface area contributed by atoms with Crippen molar-refractivity contribution in [3.63, 3.8) is 0 Å². The Kier molecular flexibility index (Phi) is 3.06. The molecule has 2 rings (SSSR count). The molecule has 0 fully saturated rings. The van der Waals surface area contributed by atoms with E-state index in [1.54, 1.807) is 32.2 Å². The number of Topliss-reactive ketones (excluding diaryl/α,β-unsaturated/α-hetero) is 1. The maximum Gasteiger partial charge on any atom is 0.379 e. The first-order valence-corrected chi connectivity index (χ1v) is 5.37. The lowest BCUT2D eigenvalue weighted by Gasteiger charge is -2.01. The zero-order chi connectivity index (χ0) is 13.3. The van der Waals surface area contributed by atoms with Crippen LogP contribution in [0.1, 0.15) is 16.1 Å².